The molecule has 0 bridgehead atoms. The van der Waals surface area contributed by atoms with Crippen molar-refractivity contribution in [2.45, 2.75) is 25.1 Å². The summed E-state index contributed by atoms with van der Waals surface area (Å²) in [7, 11) is 0. The van der Waals surface area contributed by atoms with Crippen LogP contribution in [0.3, 0.4) is 0 Å². The second-order valence-electron chi connectivity index (χ2n) is 3.98. The molecule has 1 fully saturated rings. The van der Waals surface area contributed by atoms with Crippen LogP contribution in [-0.4, -0.2) is 21.2 Å². The third-order valence-corrected chi connectivity index (χ3v) is 4.09. The maximum atomic E-state index is 12.2. The summed E-state index contributed by atoms with van der Waals surface area (Å²) in [5.74, 6) is 0.108. The Hall–Kier alpha value is -0.870. The molecule has 4 heteroatoms. The summed E-state index contributed by atoms with van der Waals surface area (Å²) < 4.78 is 0.689. The quantitative estimate of drug-likeness (QED) is 0.754. The zero-order chi connectivity index (χ0) is 11.7. The lowest BCUT2D eigenvalue weighted by Crippen LogP contribution is -2.35. The van der Waals surface area contributed by atoms with Crippen LogP contribution in [0.25, 0.3) is 0 Å². The molecule has 1 aromatic carbocycles. The van der Waals surface area contributed by atoms with E-state index in [0.29, 0.717) is 4.32 Å². The number of thioether (sulfide) groups is 1. The van der Waals surface area contributed by atoms with Gasteiger partial charge >= 0.3 is 0 Å². The standard InChI is InChI=1S/C12H13NOS2/c1-8(2)13-11(14)10(16-12(13)15)9-6-4-3-5-7-9/h3-8,10H,1-2H3/t10-/m1/s1. The van der Waals surface area contributed by atoms with Gasteiger partial charge in [0.25, 0.3) is 0 Å². The largest absolute Gasteiger partial charge is 0.294 e. The van der Waals surface area contributed by atoms with Crippen molar-refractivity contribution in [3.05, 3.63) is 35.9 Å². The number of carbonyl (C=O) groups excluding carboxylic acids is 1. The lowest BCUT2D eigenvalue weighted by atomic mass is 10.1. The fourth-order valence-corrected chi connectivity index (χ4v) is 3.44. The Morgan fingerprint density at radius 2 is 1.94 bits per heavy atom. The summed E-state index contributed by atoms with van der Waals surface area (Å²) in [4.78, 5) is 13.9. The molecular formula is C12H13NOS2. The van der Waals surface area contributed by atoms with Crippen molar-refractivity contribution < 1.29 is 4.79 Å². The Morgan fingerprint density at radius 3 is 2.44 bits per heavy atom. The molecule has 1 aromatic rings. The molecule has 0 radical (unpaired) electrons. The van der Waals surface area contributed by atoms with Crippen molar-refractivity contribution in [3.63, 3.8) is 0 Å². The fraction of sp³-hybridized carbons (Fsp3) is 0.333. The molecule has 1 heterocycles. The fourth-order valence-electron chi connectivity index (χ4n) is 1.73. The van der Waals surface area contributed by atoms with Gasteiger partial charge in [-0.05, 0) is 19.4 Å². The molecule has 0 unspecified atom stereocenters. The van der Waals surface area contributed by atoms with Crippen molar-refractivity contribution in [1.29, 1.82) is 0 Å². The zero-order valence-corrected chi connectivity index (χ0v) is 10.8. The Labute approximate surface area is 105 Å². The molecule has 1 atom stereocenters. The van der Waals surface area contributed by atoms with E-state index in [9.17, 15) is 4.79 Å². The van der Waals surface area contributed by atoms with E-state index in [-0.39, 0.29) is 17.2 Å². The first-order valence-corrected chi connectivity index (χ1v) is 6.48. The third kappa shape index (κ3) is 1.99. The van der Waals surface area contributed by atoms with E-state index < -0.39 is 0 Å². The minimum atomic E-state index is -0.156. The average Bonchev–Trinajstić information content (AvgIpc) is 2.55. The van der Waals surface area contributed by atoms with E-state index in [1.54, 1.807) is 4.90 Å². The number of hydrogen-bond acceptors (Lipinski definition) is 3. The van der Waals surface area contributed by atoms with Crippen molar-refractivity contribution in [2.24, 2.45) is 0 Å². The molecule has 16 heavy (non-hydrogen) atoms. The summed E-state index contributed by atoms with van der Waals surface area (Å²) >= 11 is 6.71. The minimum absolute atomic E-state index is 0.108. The summed E-state index contributed by atoms with van der Waals surface area (Å²) in [5, 5.41) is -0.156. The monoisotopic (exact) mass is 251 g/mol. The van der Waals surface area contributed by atoms with Gasteiger partial charge in [-0.15, -0.1) is 0 Å². The maximum absolute atomic E-state index is 12.2. The highest BCUT2D eigenvalue weighted by atomic mass is 32.2. The normalized spacial score (nSPS) is 20.9. The van der Waals surface area contributed by atoms with Crippen LogP contribution in [0.4, 0.5) is 0 Å². The topological polar surface area (TPSA) is 20.3 Å². The predicted molar refractivity (Wildman–Crippen MR) is 71.4 cm³/mol. The van der Waals surface area contributed by atoms with E-state index >= 15 is 0 Å². The van der Waals surface area contributed by atoms with Crippen LogP contribution >= 0.6 is 24.0 Å². The van der Waals surface area contributed by atoms with Gasteiger partial charge in [0, 0.05) is 6.04 Å². The summed E-state index contributed by atoms with van der Waals surface area (Å²) in [6.45, 7) is 3.97. The SMILES string of the molecule is CC(C)N1C(=O)[C@@H](c2ccccc2)SC1=S. The lowest BCUT2D eigenvalue weighted by molar-refractivity contribution is -0.127. The van der Waals surface area contributed by atoms with Gasteiger partial charge in [0.2, 0.25) is 5.91 Å². The van der Waals surface area contributed by atoms with Crippen LogP contribution < -0.4 is 0 Å². The van der Waals surface area contributed by atoms with E-state index in [1.165, 1.54) is 11.8 Å². The molecule has 1 saturated heterocycles. The van der Waals surface area contributed by atoms with Gasteiger partial charge < -0.3 is 0 Å². The highest BCUT2D eigenvalue weighted by molar-refractivity contribution is 8.24. The van der Waals surface area contributed by atoms with Crippen LogP contribution in [0.1, 0.15) is 24.7 Å². The van der Waals surface area contributed by atoms with Gasteiger partial charge in [0.15, 0.2) is 0 Å². The summed E-state index contributed by atoms with van der Waals surface area (Å²) in [6.07, 6.45) is 0. The second-order valence-corrected chi connectivity index (χ2v) is 5.72. The van der Waals surface area contributed by atoms with E-state index in [1.807, 2.05) is 44.2 Å². The highest BCUT2D eigenvalue weighted by Gasteiger charge is 2.38. The van der Waals surface area contributed by atoms with Crippen LogP contribution in [0.2, 0.25) is 0 Å². The van der Waals surface area contributed by atoms with Gasteiger partial charge in [-0.25, -0.2) is 0 Å². The molecule has 0 aliphatic carbocycles. The molecule has 2 rings (SSSR count). The highest BCUT2D eigenvalue weighted by Crippen LogP contribution is 2.40. The van der Waals surface area contributed by atoms with Gasteiger partial charge in [0.05, 0.1) is 0 Å². The number of thiocarbonyl (C=S) groups is 1. The van der Waals surface area contributed by atoms with Crippen molar-refractivity contribution >= 4 is 34.2 Å². The van der Waals surface area contributed by atoms with Gasteiger partial charge in [-0.3, -0.25) is 9.69 Å². The smallest absolute Gasteiger partial charge is 0.246 e. The predicted octanol–water partition coefficient (Wildman–Crippen LogP) is 3.00. The van der Waals surface area contributed by atoms with Crippen molar-refractivity contribution in [2.75, 3.05) is 0 Å². The van der Waals surface area contributed by atoms with Gasteiger partial charge in [0.1, 0.15) is 9.57 Å². The molecule has 0 aromatic heterocycles. The summed E-state index contributed by atoms with van der Waals surface area (Å²) in [5.41, 5.74) is 1.03. The third-order valence-electron chi connectivity index (χ3n) is 2.50. The van der Waals surface area contributed by atoms with Crippen LogP contribution in [0.5, 0.6) is 0 Å². The first-order chi connectivity index (χ1) is 7.61. The van der Waals surface area contributed by atoms with E-state index in [4.69, 9.17) is 12.2 Å². The molecule has 84 valence electrons. The number of hydrogen-bond donors (Lipinski definition) is 0. The molecule has 1 aliphatic heterocycles. The summed E-state index contributed by atoms with van der Waals surface area (Å²) in [6, 6.07) is 9.94. The Bertz CT molecular complexity index is 416. The molecule has 1 aliphatic rings. The van der Waals surface area contributed by atoms with E-state index in [2.05, 4.69) is 0 Å². The van der Waals surface area contributed by atoms with Crippen LogP contribution in [-0.2, 0) is 4.79 Å². The zero-order valence-electron chi connectivity index (χ0n) is 9.21. The van der Waals surface area contributed by atoms with Gasteiger partial charge in [-0.2, -0.15) is 0 Å². The Morgan fingerprint density at radius 1 is 1.31 bits per heavy atom. The first-order valence-electron chi connectivity index (χ1n) is 5.20. The second kappa shape index (κ2) is 4.55. The Balaban J connectivity index is 2.28. The van der Waals surface area contributed by atoms with Crippen LogP contribution in [0, 0.1) is 0 Å². The maximum Gasteiger partial charge on any atom is 0.246 e. The number of rotatable bonds is 2. The molecular weight excluding hydrogens is 238 g/mol. The van der Waals surface area contributed by atoms with Crippen LogP contribution in [0.15, 0.2) is 30.3 Å². The number of benzene rings is 1. The van der Waals surface area contributed by atoms with Crippen molar-refractivity contribution in [1.82, 2.24) is 4.90 Å². The molecule has 0 spiro atoms. The molecule has 1 amide bonds. The Kier molecular flexibility index (Phi) is 3.30. The lowest BCUT2D eigenvalue weighted by Gasteiger charge is -2.19. The van der Waals surface area contributed by atoms with Gasteiger partial charge in [-0.1, -0.05) is 54.3 Å². The average molecular weight is 251 g/mol. The minimum Gasteiger partial charge on any atom is -0.294 e. The number of carbonyl (C=O) groups is 1. The number of amides is 1. The molecule has 2 nitrogen and oxygen atoms in total. The van der Waals surface area contributed by atoms with Crippen molar-refractivity contribution in [3.8, 4) is 0 Å². The number of nitrogens with zero attached hydrogens (tertiary/aromatic N) is 1. The van der Waals surface area contributed by atoms with E-state index in [0.717, 1.165) is 5.56 Å². The molecule has 0 N–H and O–H groups in total. The first kappa shape index (κ1) is 11.6. The molecule has 0 saturated carbocycles.